The third kappa shape index (κ3) is 5.82. The number of piperidine rings is 1. The molecule has 0 spiro atoms. The highest BCUT2D eigenvalue weighted by molar-refractivity contribution is 9.10. The normalized spacial score (nSPS) is 15.6. The molecule has 2 aromatic rings. The van der Waals surface area contributed by atoms with Crippen molar-refractivity contribution in [2.45, 2.75) is 25.7 Å². The van der Waals surface area contributed by atoms with Crippen LogP contribution in [0, 0.1) is 5.92 Å². The Hall–Kier alpha value is -1.36. The summed E-state index contributed by atoms with van der Waals surface area (Å²) in [5.41, 5.74) is 3.32. The van der Waals surface area contributed by atoms with Crippen LogP contribution in [0.5, 0.6) is 0 Å². The molecule has 3 rings (SSSR count). The molecule has 1 aliphatic rings. The molecule has 0 radical (unpaired) electrons. The summed E-state index contributed by atoms with van der Waals surface area (Å²) in [6.45, 7) is 3.32. The third-order valence-electron chi connectivity index (χ3n) is 5.52. The first kappa shape index (κ1) is 21.4. The van der Waals surface area contributed by atoms with Gasteiger partial charge in [0.15, 0.2) is 0 Å². The summed E-state index contributed by atoms with van der Waals surface area (Å²) in [5.74, 6) is 0.780. The summed E-state index contributed by atoms with van der Waals surface area (Å²) < 4.78 is 1.16. The lowest BCUT2D eigenvalue weighted by atomic mass is 9.90. The van der Waals surface area contributed by atoms with Gasteiger partial charge in [0.2, 0.25) is 0 Å². The molecule has 0 aliphatic carbocycles. The van der Waals surface area contributed by atoms with Crippen molar-refractivity contribution in [2.24, 2.45) is 5.92 Å². The van der Waals surface area contributed by atoms with E-state index in [2.05, 4.69) is 33.0 Å². The lowest BCUT2D eigenvalue weighted by molar-refractivity contribution is 0.0827. The van der Waals surface area contributed by atoms with Crippen molar-refractivity contribution in [3.05, 3.63) is 68.7 Å². The Morgan fingerprint density at radius 3 is 2.64 bits per heavy atom. The van der Waals surface area contributed by atoms with Gasteiger partial charge < -0.3 is 9.80 Å². The number of halogens is 2. The molecule has 0 N–H and O–H groups in total. The van der Waals surface area contributed by atoms with Crippen molar-refractivity contribution in [2.75, 3.05) is 33.7 Å². The number of carbonyl (C=O) groups excluding carboxylic acids is 1. The summed E-state index contributed by atoms with van der Waals surface area (Å²) in [4.78, 5) is 16.3. The monoisotopic (exact) mass is 462 g/mol. The number of benzene rings is 2. The molecule has 1 amide bonds. The number of likely N-dealkylation sites (tertiary alicyclic amines) is 1. The zero-order valence-electron chi connectivity index (χ0n) is 16.6. The topological polar surface area (TPSA) is 23.6 Å². The smallest absolute Gasteiger partial charge is 0.253 e. The van der Waals surface area contributed by atoms with Crippen LogP contribution in [0.4, 0.5) is 0 Å². The maximum Gasteiger partial charge on any atom is 0.253 e. The van der Waals surface area contributed by atoms with Gasteiger partial charge >= 0.3 is 0 Å². The predicted octanol–water partition coefficient (Wildman–Crippen LogP) is 5.30. The Morgan fingerprint density at radius 1 is 1.18 bits per heavy atom. The van der Waals surface area contributed by atoms with Crippen LogP contribution < -0.4 is 0 Å². The number of carbonyl (C=O) groups is 1. The van der Waals surface area contributed by atoms with Crippen LogP contribution in [-0.4, -0.2) is 49.4 Å². The third-order valence-corrected chi connectivity index (χ3v) is 6.53. The molecule has 1 heterocycles. The summed E-state index contributed by atoms with van der Waals surface area (Å²) in [6, 6.07) is 14.1. The zero-order valence-corrected chi connectivity index (χ0v) is 19.0. The molecule has 28 heavy (non-hydrogen) atoms. The molecular weight excluding hydrogens is 436 g/mol. The van der Waals surface area contributed by atoms with Gasteiger partial charge in [0, 0.05) is 35.7 Å². The maximum absolute atomic E-state index is 12.1. The largest absolute Gasteiger partial charge is 0.345 e. The first-order valence-electron chi connectivity index (χ1n) is 9.89. The Kier molecular flexibility index (Phi) is 7.55. The van der Waals surface area contributed by atoms with Gasteiger partial charge in [-0.05, 0) is 86.1 Å². The van der Waals surface area contributed by atoms with Crippen molar-refractivity contribution in [3.63, 3.8) is 0 Å². The molecule has 3 nitrogen and oxygen atoms in total. The van der Waals surface area contributed by atoms with Crippen LogP contribution in [0.15, 0.2) is 46.9 Å². The molecule has 0 aromatic heterocycles. The fraction of sp³-hybridized carbons (Fsp3) is 0.435. The van der Waals surface area contributed by atoms with Gasteiger partial charge in [-0.15, -0.1) is 0 Å². The highest BCUT2D eigenvalue weighted by atomic mass is 79.9. The van der Waals surface area contributed by atoms with Crippen LogP contribution in [-0.2, 0) is 12.8 Å². The predicted molar refractivity (Wildman–Crippen MR) is 120 cm³/mol. The molecule has 0 saturated carbocycles. The fourth-order valence-electron chi connectivity index (χ4n) is 3.83. The number of hydrogen-bond acceptors (Lipinski definition) is 2. The maximum atomic E-state index is 12.1. The lowest BCUT2D eigenvalue weighted by Crippen LogP contribution is -2.35. The van der Waals surface area contributed by atoms with E-state index in [9.17, 15) is 4.79 Å². The van der Waals surface area contributed by atoms with Crippen molar-refractivity contribution in [1.29, 1.82) is 0 Å². The molecule has 0 unspecified atom stereocenters. The molecule has 5 heteroatoms. The van der Waals surface area contributed by atoms with Gasteiger partial charge in [-0.25, -0.2) is 0 Å². The van der Waals surface area contributed by atoms with E-state index in [4.69, 9.17) is 11.6 Å². The van der Waals surface area contributed by atoms with E-state index in [1.807, 2.05) is 30.3 Å². The van der Waals surface area contributed by atoms with E-state index in [-0.39, 0.29) is 5.91 Å². The van der Waals surface area contributed by atoms with Crippen LogP contribution in [0.25, 0.3) is 0 Å². The summed E-state index contributed by atoms with van der Waals surface area (Å²) in [5, 5.41) is 0.811. The number of hydrogen-bond donors (Lipinski definition) is 0. The van der Waals surface area contributed by atoms with E-state index in [1.54, 1.807) is 19.0 Å². The first-order chi connectivity index (χ1) is 13.4. The Balaban J connectivity index is 1.48. The highest BCUT2D eigenvalue weighted by Crippen LogP contribution is 2.28. The van der Waals surface area contributed by atoms with E-state index >= 15 is 0 Å². The Morgan fingerprint density at radius 2 is 1.93 bits per heavy atom. The van der Waals surface area contributed by atoms with Crippen LogP contribution >= 0.6 is 27.5 Å². The Labute approximate surface area is 181 Å². The second kappa shape index (κ2) is 9.91. The summed E-state index contributed by atoms with van der Waals surface area (Å²) in [7, 11) is 3.59. The summed E-state index contributed by atoms with van der Waals surface area (Å²) in [6.07, 6.45) is 4.51. The highest BCUT2D eigenvalue weighted by Gasteiger charge is 2.20. The minimum atomic E-state index is 0.0647. The van der Waals surface area contributed by atoms with Crippen LogP contribution in [0.2, 0.25) is 5.02 Å². The van der Waals surface area contributed by atoms with E-state index in [0.29, 0.717) is 5.92 Å². The van der Waals surface area contributed by atoms with Gasteiger partial charge in [0.25, 0.3) is 5.91 Å². The van der Waals surface area contributed by atoms with Crippen molar-refractivity contribution >= 4 is 33.4 Å². The zero-order chi connectivity index (χ0) is 20.1. The van der Waals surface area contributed by atoms with Crippen LogP contribution in [0.3, 0.4) is 0 Å². The molecule has 1 saturated heterocycles. The van der Waals surface area contributed by atoms with Crippen molar-refractivity contribution < 1.29 is 4.79 Å². The molecule has 0 bridgehead atoms. The standard InChI is InChI=1S/C23H28BrClN2O/c1-26(2)23(28)19-5-3-4-17(14-19)8-11-27-12-9-18(10-13-27)15-20-16-21(25)6-7-22(20)24/h3-7,14,16,18H,8-13,15H2,1-2H3. The second-order valence-electron chi connectivity index (χ2n) is 7.87. The minimum absolute atomic E-state index is 0.0647. The molecule has 2 aromatic carbocycles. The minimum Gasteiger partial charge on any atom is -0.345 e. The number of nitrogens with zero attached hydrogens (tertiary/aromatic N) is 2. The van der Waals surface area contributed by atoms with Crippen molar-refractivity contribution in [3.8, 4) is 0 Å². The quantitative estimate of drug-likeness (QED) is 0.580. The molecule has 1 aliphatic heterocycles. The van der Waals surface area contributed by atoms with Gasteiger partial charge in [0.1, 0.15) is 0 Å². The average Bonchev–Trinajstić information content (AvgIpc) is 2.70. The van der Waals surface area contributed by atoms with E-state index < -0.39 is 0 Å². The SMILES string of the molecule is CN(C)C(=O)c1cccc(CCN2CCC(Cc3cc(Cl)ccc3Br)CC2)c1. The van der Waals surface area contributed by atoms with Gasteiger partial charge in [0.05, 0.1) is 0 Å². The van der Waals surface area contributed by atoms with E-state index in [0.717, 1.165) is 47.5 Å². The first-order valence-corrected chi connectivity index (χ1v) is 11.1. The number of rotatable bonds is 6. The van der Waals surface area contributed by atoms with E-state index in [1.165, 1.54) is 24.0 Å². The second-order valence-corrected chi connectivity index (χ2v) is 9.17. The van der Waals surface area contributed by atoms with Crippen molar-refractivity contribution in [1.82, 2.24) is 9.80 Å². The molecular formula is C23H28BrClN2O. The van der Waals surface area contributed by atoms with Gasteiger partial charge in [-0.1, -0.05) is 39.7 Å². The Bertz CT molecular complexity index is 816. The molecule has 1 fully saturated rings. The molecule has 0 atom stereocenters. The van der Waals surface area contributed by atoms with Gasteiger partial charge in [-0.3, -0.25) is 4.79 Å². The molecule has 150 valence electrons. The number of amides is 1. The summed E-state index contributed by atoms with van der Waals surface area (Å²) >= 11 is 9.80. The lowest BCUT2D eigenvalue weighted by Gasteiger charge is -2.32. The average molecular weight is 464 g/mol. The fourth-order valence-corrected chi connectivity index (χ4v) is 4.43. The van der Waals surface area contributed by atoms with Crippen LogP contribution in [0.1, 0.15) is 34.3 Å². The van der Waals surface area contributed by atoms with Gasteiger partial charge in [-0.2, -0.15) is 0 Å².